The summed E-state index contributed by atoms with van der Waals surface area (Å²) in [7, 11) is -18.0. The molecule has 0 fully saturated rings. The van der Waals surface area contributed by atoms with Crippen LogP contribution >= 0.6 is 0 Å². The predicted molar refractivity (Wildman–Crippen MR) is 47.6 cm³/mol. The van der Waals surface area contributed by atoms with Crippen LogP contribution in [0.4, 0.5) is 82.5 Å². The molecule has 0 N–H and O–H groups in total. The van der Waals surface area contributed by atoms with Gasteiger partial charge < -0.3 is 51.8 Å². The Morgan fingerprint density at radius 3 is 0.560 bits per heavy atom. The summed E-state index contributed by atoms with van der Waals surface area (Å²) in [5.41, 5.74) is 0. The van der Waals surface area contributed by atoms with E-state index in [0.29, 0.717) is 0 Å². The van der Waals surface area contributed by atoms with E-state index in [2.05, 4.69) is 0 Å². The van der Waals surface area contributed by atoms with E-state index < -0.39 is 40.3 Å². The topological polar surface area (TPSA) is 0 Å². The maximum Gasteiger partial charge on any atom is 0.673 e. The fourth-order valence-electron chi connectivity index (χ4n) is 0.124. The monoisotopic (exact) mass is 431 g/mol. The van der Waals surface area contributed by atoms with Crippen LogP contribution in [0.2, 0.25) is 0 Å². The molecule has 0 aromatic heterocycles. The molecule has 0 aliphatic carbocycles. The zero-order valence-corrected chi connectivity index (χ0v) is 10.5. The summed E-state index contributed by atoms with van der Waals surface area (Å²) in [5, 5.41) is 0. The van der Waals surface area contributed by atoms with E-state index in [4.69, 9.17) is 0 Å². The molecule has 0 amide bonds. The molecule has 0 aromatic rings. The van der Waals surface area contributed by atoms with Crippen molar-refractivity contribution >= 4 is 21.8 Å². The quantitative estimate of drug-likeness (QED) is 0.336. The van der Waals surface area contributed by atoms with Crippen molar-refractivity contribution < 1.29 is 82.5 Å². The fourth-order valence-corrected chi connectivity index (χ4v) is 0.124. The molecule has 0 rings (SSSR count). The van der Waals surface area contributed by atoms with Gasteiger partial charge >= 0.3 is 40.3 Å². The Bertz CT molecular complexity index is 268. The van der Waals surface area contributed by atoms with Gasteiger partial charge in [-0.2, -0.15) is 22.0 Å². The van der Waals surface area contributed by atoms with E-state index in [-0.39, 0.29) is 0 Å². The largest absolute Gasteiger partial charge is 0.673 e. The summed E-state index contributed by atoms with van der Waals surface area (Å²) >= 11 is 0. The predicted octanol–water partition coefficient (Wildman–Crippen LogP) is 6.35. The van der Waals surface area contributed by atoms with Crippen molar-refractivity contribution in [3.05, 3.63) is 0 Å². The summed E-state index contributed by atoms with van der Waals surface area (Å²) in [6.07, 6.45) is -10.9. The van der Waals surface area contributed by atoms with Crippen LogP contribution in [0.25, 0.3) is 0 Å². The minimum absolute atomic E-state index is 4.70. The normalized spacial score (nSPS) is 13.0. The van der Waals surface area contributed by atoms with E-state index in [9.17, 15) is 82.5 Å². The van der Waals surface area contributed by atoms with E-state index in [1.54, 1.807) is 0 Å². The highest BCUT2D eigenvalue weighted by molar-refractivity contribution is 6.50. The van der Waals surface area contributed by atoms with Gasteiger partial charge in [0.15, 0.2) is 0 Å². The minimum atomic E-state index is -6.17. The highest BCUT2D eigenvalue weighted by Crippen LogP contribution is 2.39. The third kappa shape index (κ3) is 51.8. The van der Waals surface area contributed by atoms with E-state index in [1.165, 1.54) is 0 Å². The Hall–Kier alpha value is -1.14. The summed E-state index contributed by atoms with van der Waals surface area (Å²) in [4.78, 5) is 0. The molecule has 0 saturated carbocycles. The zero-order valence-electron chi connectivity index (χ0n) is 10.5. The lowest BCUT2D eigenvalue weighted by atomic mass is 10.3. The Morgan fingerprint density at radius 1 is 0.440 bits per heavy atom. The third-order valence-electron chi connectivity index (χ3n) is 0.652. The van der Waals surface area contributed by atoms with E-state index in [1.807, 2.05) is 0 Å². The molecule has 0 saturated heterocycles. The second-order valence-corrected chi connectivity index (χ2v) is 2.91. The van der Waals surface area contributed by atoms with Gasteiger partial charge in [0.25, 0.3) is 0 Å². The van der Waals surface area contributed by atoms with E-state index in [0.717, 1.165) is 0 Å². The van der Waals surface area contributed by atoms with Crippen LogP contribution in [0.5, 0.6) is 0 Å². The highest BCUT2D eigenvalue weighted by Gasteiger charge is 2.64. The smallest absolute Gasteiger partial charge is 0.418 e. The molecule has 0 bridgehead atoms. The van der Waals surface area contributed by atoms with Crippen LogP contribution in [0.15, 0.2) is 0 Å². The van der Waals surface area contributed by atoms with Crippen LogP contribution in [0.3, 0.4) is 0 Å². The maximum atomic E-state index is 11.2. The first kappa shape index (κ1) is 31.6. The van der Waals surface area contributed by atoms with Crippen LogP contribution in [-0.2, 0) is 0 Å². The first-order valence-electron chi connectivity index (χ1n) is 4.54. The number of hydrogen-bond acceptors (Lipinski definition) is 0. The van der Waals surface area contributed by atoms with Gasteiger partial charge in [0.05, 0.1) is 0 Å². The Morgan fingerprint density at radius 2 is 0.560 bits per heavy atom. The molecule has 0 aliphatic rings. The van der Waals surface area contributed by atoms with Crippen molar-refractivity contribution in [3.8, 4) is 0 Å². The van der Waals surface area contributed by atoms with Gasteiger partial charge in [0.1, 0.15) is 0 Å². The molecule has 0 atom stereocenters. The van der Waals surface area contributed by atoms with Gasteiger partial charge in [-0.1, -0.05) is 0 Å². The van der Waals surface area contributed by atoms with Gasteiger partial charge in [-0.05, 0) is 0 Å². The van der Waals surface area contributed by atoms with Gasteiger partial charge in [-0.3, -0.25) is 0 Å². The summed E-state index contributed by atoms with van der Waals surface area (Å²) in [6.45, 7) is 0. The first-order valence-corrected chi connectivity index (χ1v) is 4.54. The zero-order chi connectivity index (χ0) is 22.1. The third-order valence-corrected chi connectivity index (χ3v) is 0.652. The Kier molecular flexibility index (Phi) is 13.6. The molecule has 0 nitrogen and oxygen atoms in total. The molecule has 0 radical (unpaired) electrons. The number of rotatable bonds is 1. The molecular formula is C3HB3F19-3. The molecule has 0 unspecified atom stereocenters. The second kappa shape index (κ2) is 10.8. The molecule has 0 aromatic carbocycles. The lowest BCUT2D eigenvalue weighted by molar-refractivity contribution is -0.320. The maximum absolute atomic E-state index is 11.2. The summed E-state index contributed by atoms with van der Waals surface area (Å²) < 4.78 is 194. The number of alkyl halides is 7. The molecular weight excluding hydrogens is 429 g/mol. The summed E-state index contributed by atoms with van der Waals surface area (Å²) in [5.74, 6) is -5.90. The standard InChI is InChI=1S/C3HF7.3BF4/c4-1(5)2(6,7)3(8,9)10;3*2-1(3,4)5/h1H;;;/q;3*-1. The molecule has 158 valence electrons. The van der Waals surface area contributed by atoms with Crippen molar-refractivity contribution in [2.45, 2.75) is 18.5 Å². The molecule has 0 spiro atoms. The van der Waals surface area contributed by atoms with Crippen LogP contribution < -0.4 is 0 Å². The molecule has 0 aliphatic heterocycles. The Labute approximate surface area is 124 Å². The van der Waals surface area contributed by atoms with Gasteiger partial charge in [0, 0.05) is 0 Å². The lowest BCUT2D eigenvalue weighted by Crippen LogP contribution is -2.42. The lowest BCUT2D eigenvalue weighted by Gasteiger charge is -2.17. The van der Waals surface area contributed by atoms with Crippen LogP contribution in [-0.4, -0.2) is 40.3 Å². The number of halogens is 19. The van der Waals surface area contributed by atoms with Gasteiger partial charge in [0.2, 0.25) is 0 Å². The van der Waals surface area contributed by atoms with Crippen molar-refractivity contribution in [2.75, 3.05) is 0 Å². The second-order valence-electron chi connectivity index (χ2n) is 2.91. The minimum Gasteiger partial charge on any atom is -0.418 e. The van der Waals surface area contributed by atoms with Crippen molar-refractivity contribution in [1.82, 2.24) is 0 Å². The Balaban J connectivity index is -0.000000126. The van der Waals surface area contributed by atoms with Gasteiger partial charge in [-0.25, -0.2) is 8.78 Å². The fraction of sp³-hybridized carbons (Fsp3) is 1.00. The average molecular weight is 430 g/mol. The van der Waals surface area contributed by atoms with Crippen molar-refractivity contribution in [1.29, 1.82) is 0 Å². The van der Waals surface area contributed by atoms with Crippen LogP contribution in [0, 0.1) is 0 Å². The summed E-state index contributed by atoms with van der Waals surface area (Å²) in [6, 6.07) is 0. The average Bonchev–Trinajstić information content (AvgIpc) is 2.05. The van der Waals surface area contributed by atoms with E-state index >= 15 is 0 Å². The highest BCUT2D eigenvalue weighted by atomic mass is 19.5. The SMILES string of the molecule is FC(F)C(F)(F)C(F)(F)F.F[B-](F)(F)F.F[B-](F)(F)F.F[B-](F)(F)F. The number of hydrogen-bond donors (Lipinski definition) is 0. The molecule has 0 heterocycles. The van der Waals surface area contributed by atoms with Crippen LogP contribution in [0.1, 0.15) is 0 Å². The van der Waals surface area contributed by atoms with Crippen molar-refractivity contribution in [2.24, 2.45) is 0 Å². The van der Waals surface area contributed by atoms with Gasteiger partial charge in [-0.15, -0.1) is 0 Å². The molecule has 25 heavy (non-hydrogen) atoms. The van der Waals surface area contributed by atoms with Crippen molar-refractivity contribution in [3.63, 3.8) is 0 Å². The molecule has 22 heteroatoms. The first-order chi connectivity index (χ1) is 10.2.